The summed E-state index contributed by atoms with van der Waals surface area (Å²) in [5.74, 6) is -0.320. The molecule has 8 heteroatoms. The maximum Gasteiger partial charge on any atom is 0.323 e. The fourth-order valence-corrected chi connectivity index (χ4v) is 4.89. The van der Waals surface area contributed by atoms with Crippen LogP contribution in [0.15, 0.2) is 12.2 Å². The van der Waals surface area contributed by atoms with Crippen molar-refractivity contribution in [3.8, 4) is 0 Å². The van der Waals surface area contributed by atoms with Gasteiger partial charge in [-0.2, -0.15) is 0 Å². The van der Waals surface area contributed by atoms with Crippen molar-refractivity contribution in [3.63, 3.8) is 0 Å². The first-order chi connectivity index (χ1) is 12.2. The number of carbonyl (C=O) groups excluding carboxylic acids is 2. The predicted molar refractivity (Wildman–Crippen MR) is 102 cm³/mol. The monoisotopic (exact) mass is 388 g/mol. The van der Waals surface area contributed by atoms with E-state index >= 15 is 0 Å². The third-order valence-corrected chi connectivity index (χ3v) is 6.32. The maximum atomic E-state index is 13.4. The summed E-state index contributed by atoms with van der Waals surface area (Å²) < 4.78 is 26.7. The minimum absolute atomic E-state index is 0.238. The predicted octanol–water partition coefficient (Wildman–Crippen LogP) is 2.73. The van der Waals surface area contributed by atoms with Gasteiger partial charge in [-0.3, -0.25) is 14.2 Å². The second-order valence-corrected chi connectivity index (χ2v) is 9.11. The Kier molecular flexibility index (Phi) is 9.55. The Labute approximate surface area is 157 Å². The fourth-order valence-electron chi connectivity index (χ4n) is 3.08. The van der Waals surface area contributed by atoms with Crippen molar-refractivity contribution >= 4 is 20.0 Å². The molecule has 2 unspecified atom stereocenters. The molecule has 0 fully saturated rings. The third kappa shape index (κ3) is 6.22. The SMILES string of the molecule is COC(=O)C(CC(C)C)N1CC=CCN(C(CC(C)C)C(=O)OC)[PH]1=O. The third-order valence-electron chi connectivity index (χ3n) is 4.35. The Hall–Kier alpha value is -1.17. The Morgan fingerprint density at radius 2 is 1.23 bits per heavy atom. The zero-order chi connectivity index (χ0) is 19.9. The van der Waals surface area contributed by atoms with Crippen LogP contribution in [0, 0.1) is 11.8 Å². The molecule has 1 rings (SSSR count). The number of carbonyl (C=O) groups is 2. The minimum atomic E-state index is -2.55. The Morgan fingerprint density at radius 1 is 0.885 bits per heavy atom. The van der Waals surface area contributed by atoms with Crippen molar-refractivity contribution in [1.82, 2.24) is 9.34 Å². The van der Waals surface area contributed by atoms with Crippen LogP contribution in [0.1, 0.15) is 40.5 Å². The zero-order valence-electron chi connectivity index (χ0n) is 16.7. The first-order valence-electron chi connectivity index (χ1n) is 9.10. The lowest BCUT2D eigenvalue weighted by Gasteiger charge is -2.35. The molecule has 26 heavy (non-hydrogen) atoms. The number of nitrogens with zero attached hydrogens (tertiary/aromatic N) is 2. The van der Waals surface area contributed by atoms with Crippen LogP contribution >= 0.6 is 8.10 Å². The van der Waals surface area contributed by atoms with Crippen LogP contribution in [-0.2, 0) is 23.6 Å². The molecule has 150 valence electrons. The van der Waals surface area contributed by atoms with Crippen molar-refractivity contribution in [2.24, 2.45) is 11.8 Å². The Bertz CT molecular complexity index is 492. The van der Waals surface area contributed by atoms with Gasteiger partial charge in [0.15, 0.2) is 0 Å². The van der Waals surface area contributed by atoms with Crippen molar-refractivity contribution < 1.29 is 23.6 Å². The van der Waals surface area contributed by atoms with Gasteiger partial charge >= 0.3 is 11.9 Å². The molecule has 0 aromatic rings. The highest BCUT2D eigenvalue weighted by Crippen LogP contribution is 2.40. The van der Waals surface area contributed by atoms with Gasteiger partial charge in [0, 0.05) is 13.1 Å². The van der Waals surface area contributed by atoms with E-state index in [2.05, 4.69) is 0 Å². The van der Waals surface area contributed by atoms with E-state index < -0.39 is 32.1 Å². The molecule has 0 aliphatic carbocycles. The zero-order valence-corrected chi connectivity index (χ0v) is 17.7. The molecule has 0 saturated carbocycles. The summed E-state index contributed by atoms with van der Waals surface area (Å²) in [7, 11) is 0.133. The Balaban J connectivity index is 3.18. The molecule has 2 atom stereocenters. The summed E-state index contributed by atoms with van der Waals surface area (Å²) in [4.78, 5) is 24.7. The average Bonchev–Trinajstić information content (AvgIpc) is 2.77. The standard InChI is InChI=1S/C18H33N2O5P/c1-13(2)11-15(17(21)24-5)19-9-7-8-10-20(26(19)23)16(12-14(3)4)18(22)25-6/h7-8,13-16,26H,9-12H2,1-6H3. The second kappa shape index (κ2) is 10.9. The van der Waals surface area contributed by atoms with Gasteiger partial charge in [0.25, 0.3) is 0 Å². The lowest BCUT2D eigenvalue weighted by Crippen LogP contribution is -2.44. The van der Waals surface area contributed by atoms with E-state index in [-0.39, 0.29) is 11.8 Å². The fraction of sp³-hybridized carbons (Fsp3) is 0.778. The average molecular weight is 388 g/mol. The highest BCUT2D eigenvalue weighted by molar-refractivity contribution is 7.39. The molecule has 0 radical (unpaired) electrons. The molecule has 1 aliphatic heterocycles. The van der Waals surface area contributed by atoms with Gasteiger partial charge in [0.05, 0.1) is 14.2 Å². The Morgan fingerprint density at radius 3 is 1.50 bits per heavy atom. The van der Waals surface area contributed by atoms with Gasteiger partial charge < -0.3 is 9.47 Å². The molecule has 0 amide bonds. The van der Waals surface area contributed by atoms with E-state index in [0.29, 0.717) is 25.9 Å². The van der Waals surface area contributed by atoms with Crippen LogP contribution in [0.2, 0.25) is 0 Å². The van der Waals surface area contributed by atoms with Gasteiger partial charge in [0.2, 0.25) is 8.10 Å². The van der Waals surface area contributed by atoms with Gasteiger partial charge in [-0.25, -0.2) is 9.34 Å². The number of hydrogen-bond donors (Lipinski definition) is 0. The molecule has 1 aliphatic rings. The van der Waals surface area contributed by atoms with Crippen LogP contribution in [0.3, 0.4) is 0 Å². The lowest BCUT2D eigenvalue weighted by molar-refractivity contribution is -0.145. The van der Waals surface area contributed by atoms with Gasteiger partial charge in [-0.05, 0) is 24.7 Å². The summed E-state index contributed by atoms with van der Waals surface area (Å²) in [6.07, 6.45) is 4.86. The van der Waals surface area contributed by atoms with E-state index in [4.69, 9.17) is 9.47 Å². The van der Waals surface area contributed by atoms with Gasteiger partial charge in [-0.15, -0.1) is 0 Å². The molecular weight excluding hydrogens is 355 g/mol. The summed E-state index contributed by atoms with van der Waals surface area (Å²) in [6.45, 7) is 8.80. The van der Waals surface area contributed by atoms with E-state index in [9.17, 15) is 14.2 Å². The van der Waals surface area contributed by atoms with Crippen molar-refractivity contribution in [1.29, 1.82) is 0 Å². The molecule has 0 aromatic heterocycles. The van der Waals surface area contributed by atoms with Crippen molar-refractivity contribution in [3.05, 3.63) is 12.2 Å². The quantitative estimate of drug-likeness (QED) is 0.359. The summed E-state index contributed by atoms with van der Waals surface area (Å²) >= 11 is 0. The molecule has 0 aromatic carbocycles. The molecule has 0 bridgehead atoms. The smallest absolute Gasteiger partial charge is 0.323 e. The number of esters is 2. The largest absolute Gasteiger partial charge is 0.468 e. The molecule has 0 spiro atoms. The van der Waals surface area contributed by atoms with Crippen LogP contribution in [-0.4, -0.2) is 60.7 Å². The first kappa shape index (κ1) is 22.9. The van der Waals surface area contributed by atoms with E-state index in [1.54, 1.807) is 9.34 Å². The maximum absolute atomic E-state index is 13.4. The molecule has 0 saturated heterocycles. The van der Waals surface area contributed by atoms with Crippen molar-refractivity contribution in [2.45, 2.75) is 52.6 Å². The highest BCUT2D eigenvalue weighted by atomic mass is 31.1. The van der Waals surface area contributed by atoms with Crippen LogP contribution in [0.4, 0.5) is 0 Å². The van der Waals surface area contributed by atoms with Gasteiger partial charge in [0.1, 0.15) is 12.1 Å². The lowest BCUT2D eigenvalue weighted by atomic mass is 10.0. The van der Waals surface area contributed by atoms with Crippen LogP contribution in [0.5, 0.6) is 0 Å². The number of ether oxygens (including phenoxy) is 2. The normalized spacial score (nSPS) is 21.5. The molecule has 0 N–H and O–H groups in total. The molecule has 1 heterocycles. The highest BCUT2D eigenvalue weighted by Gasteiger charge is 2.38. The van der Waals surface area contributed by atoms with Crippen LogP contribution < -0.4 is 0 Å². The summed E-state index contributed by atoms with van der Waals surface area (Å²) in [5, 5.41) is 0. The number of hydrogen-bond acceptors (Lipinski definition) is 5. The minimum Gasteiger partial charge on any atom is -0.468 e. The second-order valence-electron chi connectivity index (χ2n) is 7.40. The summed E-state index contributed by atoms with van der Waals surface area (Å²) in [5.41, 5.74) is 0. The first-order valence-corrected chi connectivity index (χ1v) is 10.4. The topological polar surface area (TPSA) is 76.2 Å². The van der Waals surface area contributed by atoms with Gasteiger partial charge in [-0.1, -0.05) is 39.8 Å². The summed E-state index contributed by atoms with van der Waals surface area (Å²) in [6, 6.07) is -1.21. The van der Waals surface area contributed by atoms with Crippen LogP contribution in [0.25, 0.3) is 0 Å². The molecular formula is C18H33N2O5P. The van der Waals surface area contributed by atoms with E-state index in [0.717, 1.165) is 0 Å². The van der Waals surface area contributed by atoms with E-state index in [1.807, 2.05) is 39.8 Å². The number of rotatable bonds is 8. The van der Waals surface area contributed by atoms with Crippen molar-refractivity contribution in [2.75, 3.05) is 27.3 Å². The number of methoxy groups -OCH3 is 2. The molecule has 7 nitrogen and oxygen atoms in total. The van der Waals surface area contributed by atoms with E-state index in [1.165, 1.54) is 14.2 Å².